The van der Waals surface area contributed by atoms with Crippen LogP contribution in [0.4, 0.5) is 4.39 Å². The molecular formula is C11H15ClFN. The molecule has 1 rings (SSSR count). The summed E-state index contributed by atoms with van der Waals surface area (Å²) in [6.45, 7) is 1.77. The molecule has 0 amide bonds. The number of halogens is 2. The number of nitrogens with one attached hydrogen (secondary N) is 1. The van der Waals surface area contributed by atoms with Gasteiger partial charge in [-0.1, -0.05) is 12.1 Å². The Balaban J connectivity index is 2.88. The highest BCUT2D eigenvalue weighted by atomic mass is 35.5. The van der Waals surface area contributed by atoms with Gasteiger partial charge in [-0.15, -0.1) is 11.6 Å². The highest BCUT2D eigenvalue weighted by Crippen LogP contribution is 2.19. The number of alkyl halides is 1. The monoisotopic (exact) mass is 215 g/mol. The summed E-state index contributed by atoms with van der Waals surface area (Å²) in [5.41, 5.74) is 1.77. The van der Waals surface area contributed by atoms with Crippen LogP contribution in [0.5, 0.6) is 0 Å². The van der Waals surface area contributed by atoms with E-state index in [0.29, 0.717) is 11.4 Å². The standard InChI is InChI=1S/C11H15ClFN/c1-8-7-9(3-4-10(8)13)11(14-2)5-6-12/h3-4,7,11,14H,5-6H2,1-2H3. The van der Waals surface area contributed by atoms with E-state index in [1.165, 1.54) is 6.07 Å². The van der Waals surface area contributed by atoms with Gasteiger partial charge in [-0.25, -0.2) is 4.39 Å². The van der Waals surface area contributed by atoms with Gasteiger partial charge in [0.15, 0.2) is 0 Å². The van der Waals surface area contributed by atoms with Gasteiger partial charge >= 0.3 is 0 Å². The fourth-order valence-electron chi connectivity index (χ4n) is 1.47. The van der Waals surface area contributed by atoms with Crippen molar-refractivity contribution < 1.29 is 4.39 Å². The third-order valence-electron chi connectivity index (χ3n) is 2.33. The fraction of sp³-hybridized carbons (Fsp3) is 0.455. The van der Waals surface area contributed by atoms with E-state index >= 15 is 0 Å². The minimum absolute atomic E-state index is 0.158. The molecule has 1 atom stereocenters. The van der Waals surface area contributed by atoms with Crippen molar-refractivity contribution in [3.63, 3.8) is 0 Å². The Labute approximate surface area is 89.3 Å². The van der Waals surface area contributed by atoms with Crippen LogP contribution in [0.2, 0.25) is 0 Å². The lowest BCUT2D eigenvalue weighted by Crippen LogP contribution is -2.17. The summed E-state index contributed by atoms with van der Waals surface area (Å²) < 4.78 is 13.0. The van der Waals surface area contributed by atoms with Gasteiger partial charge in [0.1, 0.15) is 5.82 Å². The van der Waals surface area contributed by atoms with Gasteiger partial charge in [0.05, 0.1) is 0 Å². The van der Waals surface area contributed by atoms with E-state index in [4.69, 9.17) is 11.6 Å². The van der Waals surface area contributed by atoms with Crippen LogP contribution in [-0.4, -0.2) is 12.9 Å². The Hall–Kier alpha value is -0.600. The zero-order valence-electron chi connectivity index (χ0n) is 8.48. The molecule has 78 valence electrons. The lowest BCUT2D eigenvalue weighted by Gasteiger charge is -2.15. The fourth-order valence-corrected chi connectivity index (χ4v) is 1.69. The van der Waals surface area contributed by atoms with E-state index in [1.807, 2.05) is 13.1 Å². The quantitative estimate of drug-likeness (QED) is 0.762. The molecule has 1 aromatic carbocycles. The average Bonchev–Trinajstić information content (AvgIpc) is 2.19. The lowest BCUT2D eigenvalue weighted by atomic mass is 10.0. The summed E-state index contributed by atoms with van der Waals surface area (Å²) >= 11 is 5.68. The van der Waals surface area contributed by atoms with Crippen LogP contribution >= 0.6 is 11.6 Å². The minimum atomic E-state index is -0.158. The first-order chi connectivity index (χ1) is 6.69. The Morgan fingerprint density at radius 2 is 2.21 bits per heavy atom. The van der Waals surface area contributed by atoms with Gasteiger partial charge < -0.3 is 5.32 Å². The normalized spacial score (nSPS) is 12.9. The molecule has 0 spiro atoms. The van der Waals surface area contributed by atoms with E-state index in [0.717, 1.165) is 12.0 Å². The van der Waals surface area contributed by atoms with Gasteiger partial charge in [0, 0.05) is 11.9 Å². The number of rotatable bonds is 4. The maximum absolute atomic E-state index is 13.0. The molecule has 1 aromatic rings. The maximum atomic E-state index is 13.0. The molecule has 0 bridgehead atoms. The molecule has 0 saturated carbocycles. The number of hydrogen-bond acceptors (Lipinski definition) is 1. The van der Waals surface area contributed by atoms with Crippen LogP contribution < -0.4 is 5.32 Å². The summed E-state index contributed by atoms with van der Waals surface area (Å²) in [5.74, 6) is 0.441. The molecule has 1 nitrogen and oxygen atoms in total. The molecule has 0 fully saturated rings. The maximum Gasteiger partial charge on any atom is 0.126 e. The molecule has 0 aliphatic heterocycles. The van der Waals surface area contributed by atoms with Crippen molar-refractivity contribution in [2.24, 2.45) is 0 Å². The topological polar surface area (TPSA) is 12.0 Å². The third-order valence-corrected chi connectivity index (χ3v) is 2.55. The van der Waals surface area contributed by atoms with Crippen LogP contribution in [0.25, 0.3) is 0 Å². The molecule has 0 saturated heterocycles. The predicted molar refractivity (Wildman–Crippen MR) is 58.3 cm³/mol. The molecule has 0 aliphatic rings. The van der Waals surface area contributed by atoms with E-state index in [1.54, 1.807) is 13.0 Å². The molecule has 3 heteroatoms. The molecule has 0 aromatic heterocycles. The van der Waals surface area contributed by atoms with Crippen LogP contribution in [0.15, 0.2) is 18.2 Å². The van der Waals surface area contributed by atoms with Crippen LogP contribution in [0, 0.1) is 12.7 Å². The zero-order chi connectivity index (χ0) is 10.6. The molecule has 0 radical (unpaired) electrons. The molecule has 0 heterocycles. The smallest absolute Gasteiger partial charge is 0.126 e. The lowest BCUT2D eigenvalue weighted by molar-refractivity contribution is 0.573. The van der Waals surface area contributed by atoms with Crippen LogP contribution in [-0.2, 0) is 0 Å². The first-order valence-corrected chi connectivity index (χ1v) is 5.21. The second-order valence-electron chi connectivity index (χ2n) is 3.33. The highest BCUT2D eigenvalue weighted by Gasteiger charge is 2.09. The van der Waals surface area contributed by atoms with Gasteiger partial charge in [0.2, 0.25) is 0 Å². The Morgan fingerprint density at radius 1 is 1.50 bits per heavy atom. The summed E-state index contributed by atoms with van der Waals surface area (Å²) in [6.07, 6.45) is 0.850. The Kier molecular flexibility index (Phi) is 4.36. The summed E-state index contributed by atoms with van der Waals surface area (Å²) in [4.78, 5) is 0. The minimum Gasteiger partial charge on any atom is -0.313 e. The second-order valence-corrected chi connectivity index (χ2v) is 3.71. The van der Waals surface area contributed by atoms with E-state index in [2.05, 4.69) is 5.32 Å². The van der Waals surface area contributed by atoms with E-state index in [9.17, 15) is 4.39 Å². The largest absolute Gasteiger partial charge is 0.313 e. The van der Waals surface area contributed by atoms with Crippen molar-refractivity contribution in [2.45, 2.75) is 19.4 Å². The van der Waals surface area contributed by atoms with Gasteiger partial charge in [-0.05, 0) is 37.6 Å². The summed E-state index contributed by atoms with van der Waals surface area (Å²) in [5, 5.41) is 3.16. The van der Waals surface area contributed by atoms with Gasteiger partial charge in [0.25, 0.3) is 0 Å². The van der Waals surface area contributed by atoms with Crippen molar-refractivity contribution in [3.05, 3.63) is 35.1 Å². The SMILES string of the molecule is CNC(CCCl)c1ccc(F)c(C)c1. The number of aryl methyl sites for hydroxylation is 1. The highest BCUT2D eigenvalue weighted by molar-refractivity contribution is 6.17. The first kappa shape index (κ1) is 11.5. The van der Waals surface area contributed by atoms with Crippen molar-refractivity contribution in [1.82, 2.24) is 5.32 Å². The number of hydrogen-bond donors (Lipinski definition) is 1. The molecular weight excluding hydrogens is 201 g/mol. The zero-order valence-corrected chi connectivity index (χ0v) is 9.24. The Bertz CT molecular complexity index is 301. The van der Waals surface area contributed by atoms with E-state index in [-0.39, 0.29) is 11.9 Å². The average molecular weight is 216 g/mol. The predicted octanol–water partition coefficient (Wildman–Crippen LogP) is 3.02. The van der Waals surface area contributed by atoms with Crippen molar-refractivity contribution >= 4 is 11.6 Å². The Morgan fingerprint density at radius 3 is 2.71 bits per heavy atom. The molecule has 0 aliphatic carbocycles. The van der Waals surface area contributed by atoms with Crippen molar-refractivity contribution in [3.8, 4) is 0 Å². The van der Waals surface area contributed by atoms with Gasteiger partial charge in [-0.3, -0.25) is 0 Å². The molecule has 14 heavy (non-hydrogen) atoms. The molecule has 1 N–H and O–H groups in total. The van der Waals surface area contributed by atoms with Crippen molar-refractivity contribution in [2.75, 3.05) is 12.9 Å². The van der Waals surface area contributed by atoms with Crippen molar-refractivity contribution in [1.29, 1.82) is 0 Å². The number of benzene rings is 1. The third kappa shape index (κ3) is 2.69. The van der Waals surface area contributed by atoms with Crippen LogP contribution in [0.3, 0.4) is 0 Å². The summed E-state index contributed by atoms with van der Waals surface area (Å²) in [6, 6.07) is 5.38. The molecule has 1 unspecified atom stereocenters. The van der Waals surface area contributed by atoms with Gasteiger partial charge in [-0.2, -0.15) is 0 Å². The second kappa shape index (κ2) is 5.32. The van der Waals surface area contributed by atoms with Crippen LogP contribution in [0.1, 0.15) is 23.6 Å². The summed E-state index contributed by atoms with van der Waals surface area (Å²) in [7, 11) is 1.88. The first-order valence-electron chi connectivity index (χ1n) is 4.68. The van der Waals surface area contributed by atoms with E-state index < -0.39 is 0 Å².